The highest BCUT2D eigenvalue weighted by Crippen LogP contribution is 2.17. The smallest absolute Gasteiger partial charge is 0.269 e. The third kappa shape index (κ3) is 3.99. The molecule has 2 rings (SSSR count). The van der Waals surface area contributed by atoms with Gasteiger partial charge in [-0.05, 0) is 26.0 Å². The summed E-state index contributed by atoms with van der Waals surface area (Å²) < 4.78 is 10.5. The van der Waals surface area contributed by atoms with Crippen molar-refractivity contribution in [3.05, 3.63) is 46.1 Å². The van der Waals surface area contributed by atoms with Gasteiger partial charge in [0.15, 0.2) is 5.82 Å². The van der Waals surface area contributed by atoms with E-state index in [1.807, 2.05) is 13.8 Å². The normalized spacial score (nSPS) is 12.1. The van der Waals surface area contributed by atoms with Gasteiger partial charge in [0.1, 0.15) is 6.10 Å². The molecule has 8 nitrogen and oxygen atoms in total. The van der Waals surface area contributed by atoms with Gasteiger partial charge >= 0.3 is 0 Å². The van der Waals surface area contributed by atoms with E-state index in [0.29, 0.717) is 24.9 Å². The maximum atomic E-state index is 10.6. The summed E-state index contributed by atoms with van der Waals surface area (Å²) in [6.45, 7) is 4.66. The van der Waals surface area contributed by atoms with Crippen LogP contribution in [0.25, 0.3) is 0 Å². The van der Waals surface area contributed by atoms with E-state index >= 15 is 0 Å². The van der Waals surface area contributed by atoms with Crippen LogP contribution in [0.15, 0.2) is 28.8 Å². The first-order chi connectivity index (χ1) is 10.1. The van der Waals surface area contributed by atoms with E-state index in [1.165, 1.54) is 12.1 Å². The molecule has 8 heteroatoms. The number of nitro groups is 1. The molecule has 1 aromatic carbocycles. The summed E-state index contributed by atoms with van der Waals surface area (Å²) in [6.07, 6.45) is -0.216. The molecular formula is C13H16N4O4. The maximum absolute atomic E-state index is 10.6. The summed E-state index contributed by atoms with van der Waals surface area (Å²) in [4.78, 5) is 14.3. The topological polar surface area (TPSA) is 103 Å². The Bertz CT molecular complexity index is 596. The number of aromatic nitrogens is 2. The number of nitro benzene ring substituents is 1. The number of non-ortho nitro benzene ring substituents is 1. The van der Waals surface area contributed by atoms with Crippen molar-refractivity contribution in [1.82, 2.24) is 10.1 Å². The molecule has 2 aromatic rings. The van der Waals surface area contributed by atoms with Crippen molar-refractivity contribution in [3.63, 3.8) is 0 Å². The molecule has 0 amide bonds. The van der Waals surface area contributed by atoms with Crippen LogP contribution in [0.1, 0.15) is 31.7 Å². The Balaban J connectivity index is 1.92. The van der Waals surface area contributed by atoms with E-state index in [4.69, 9.17) is 9.26 Å². The molecular weight excluding hydrogens is 276 g/mol. The average Bonchev–Trinajstić information content (AvgIpc) is 2.95. The molecule has 1 unspecified atom stereocenters. The van der Waals surface area contributed by atoms with Crippen LogP contribution in [0.4, 0.5) is 11.4 Å². The van der Waals surface area contributed by atoms with Crippen molar-refractivity contribution in [3.8, 4) is 0 Å². The van der Waals surface area contributed by atoms with Crippen LogP contribution in [-0.4, -0.2) is 21.7 Å². The van der Waals surface area contributed by atoms with Crippen molar-refractivity contribution in [2.24, 2.45) is 0 Å². The fourth-order valence-corrected chi connectivity index (χ4v) is 1.71. The zero-order valence-electron chi connectivity index (χ0n) is 11.8. The number of hydrogen-bond donors (Lipinski definition) is 1. The first-order valence-electron chi connectivity index (χ1n) is 6.52. The lowest BCUT2D eigenvalue weighted by Crippen LogP contribution is -2.03. The Hall–Kier alpha value is -2.48. The van der Waals surface area contributed by atoms with Crippen LogP contribution in [0.5, 0.6) is 0 Å². The molecule has 112 valence electrons. The SMILES string of the molecule is CCOC(C)c1noc(CNc2ccc([N+](=O)[O-])cc2)n1. The van der Waals surface area contributed by atoms with Crippen LogP contribution >= 0.6 is 0 Å². The third-order valence-electron chi connectivity index (χ3n) is 2.79. The van der Waals surface area contributed by atoms with Crippen molar-refractivity contribution >= 4 is 11.4 Å². The number of benzene rings is 1. The molecule has 0 radical (unpaired) electrons. The minimum Gasteiger partial charge on any atom is -0.376 e. The number of anilines is 1. The second-order valence-corrected chi connectivity index (χ2v) is 4.30. The lowest BCUT2D eigenvalue weighted by molar-refractivity contribution is -0.384. The average molecular weight is 292 g/mol. The Morgan fingerprint density at radius 3 is 2.76 bits per heavy atom. The standard InChI is InChI=1S/C13H16N4O4/c1-3-20-9(2)13-15-12(21-16-13)8-14-10-4-6-11(7-5-10)17(18)19/h4-7,9,14H,3,8H2,1-2H3. The highest BCUT2D eigenvalue weighted by Gasteiger charge is 2.13. The van der Waals surface area contributed by atoms with Crippen LogP contribution in [-0.2, 0) is 11.3 Å². The maximum Gasteiger partial charge on any atom is 0.269 e. The van der Waals surface area contributed by atoms with Gasteiger partial charge in [0.2, 0.25) is 5.89 Å². The minimum absolute atomic E-state index is 0.0474. The fraction of sp³-hybridized carbons (Fsp3) is 0.385. The Morgan fingerprint density at radius 1 is 1.43 bits per heavy atom. The van der Waals surface area contributed by atoms with E-state index < -0.39 is 4.92 Å². The van der Waals surface area contributed by atoms with Gasteiger partial charge in [-0.2, -0.15) is 4.98 Å². The minimum atomic E-state index is -0.441. The zero-order chi connectivity index (χ0) is 15.2. The molecule has 0 aliphatic rings. The van der Waals surface area contributed by atoms with Gasteiger partial charge in [0.25, 0.3) is 5.69 Å². The molecule has 0 spiro atoms. The second kappa shape index (κ2) is 6.80. The van der Waals surface area contributed by atoms with Gasteiger partial charge in [-0.15, -0.1) is 0 Å². The first-order valence-corrected chi connectivity index (χ1v) is 6.52. The summed E-state index contributed by atoms with van der Waals surface area (Å²) in [5.41, 5.74) is 0.782. The van der Waals surface area contributed by atoms with Crippen molar-refractivity contribution in [2.75, 3.05) is 11.9 Å². The van der Waals surface area contributed by atoms with Crippen molar-refractivity contribution < 1.29 is 14.2 Å². The van der Waals surface area contributed by atoms with Crippen LogP contribution in [0, 0.1) is 10.1 Å². The Labute approximate surface area is 121 Å². The van der Waals surface area contributed by atoms with E-state index in [2.05, 4.69) is 15.5 Å². The third-order valence-corrected chi connectivity index (χ3v) is 2.79. The van der Waals surface area contributed by atoms with Gasteiger partial charge in [-0.1, -0.05) is 5.16 Å². The first kappa shape index (κ1) is 14.9. The predicted molar refractivity (Wildman–Crippen MR) is 74.8 cm³/mol. The number of nitrogens with zero attached hydrogens (tertiary/aromatic N) is 3. The predicted octanol–water partition coefficient (Wildman–Crippen LogP) is 2.69. The highest BCUT2D eigenvalue weighted by atomic mass is 16.6. The molecule has 0 saturated carbocycles. The molecule has 21 heavy (non-hydrogen) atoms. The van der Waals surface area contributed by atoms with E-state index in [1.54, 1.807) is 12.1 Å². The quantitative estimate of drug-likeness (QED) is 0.618. The number of ether oxygens (including phenoxy) is 1. The molecule has 1 atom stereocenters. The second-order valence-electron chi connectivity index (χ2n) is 4.30. The number of rotatable bonds is 7. The summed E-state index contributed by atoms with van der Waals surface area (Å²) in [7, 11) is 0. The van der Waals surface area contributed by atoms with Gasteiger partial charge in [0.05, 0.1) is 11.5 Å². The van der Waals surface area contributed by atoms with E-state index in [0.717, 1.165) is 5.69 Å². The summed E-state index contributed by atoms with van der Waals surface area (Å²) in [5, 5.41) is 17.4. The van der Waals surface area contributed by atoms with Gasteiger partial charge in [-0.25, -0.2) is 0 Å². The molecule has 0 aliphatic carbocycles. The molecule has 1 N–H and O–H groups in total. The molecule has 0 saturated heterocycles. The molecule has 0 bridgehead atoms. The lowest BCUT2D eigenvalue weighted by atomic mass is 10.3. The van der Waals surface area contributed by atoms with E-state index in [-0.39, 0.29) is 11.8 Å². The lowest BCUT2D eigenvalue weighted by Gasteiger charge is -2.05. The van der Waals surface area contributed by atoms with Crippen molar-refractivity contribution in [2.45, 2.75) is 26.5 Å². The molecule has 1 aromatic heterocycles. The number of nitrogens with one attached hydrogen (secondary N) is 1. The van der Waals surface area contributed by atoms with Gasteiger partial charge in [0, 0.05) is 24.4 Å². The molecule has 0 aliphatic heterocycles. The molecule has 1 heterocycles. The monoisotopic (exact) mass is 292 g/mol. The summed E-state index contributed by atoms with van der Waals surface area (Å²) in [6, 6.07) is 6.11. The summed E-state index contributed by atoms with van der Waals surface area (Å²) >= 11 is 0. The fourth-order valence-electron chi connectivity index (χ4n) is 1.71. The van der Waals surface area contributed by atoms with Crippen LogP contribution < -0.4 is 5.32 Å². The van der Waals surface area contributed by atoms with E-state index in [9.17, 15) is 10.1 Å². The number of hydrogen-bond acceptors (Lipinski definition) is 7. The largest absolute Gasteiger partial charge is 0.376 e. The van der Waals surface area contributed by atoms with Gasteiger partial charge < -0.3 is 14.6 Å². The Kier molecular flexibility index (Phi) is 4.83. The van der Waals surface area contributed by atoms with Crippen molar-refractivity contribution in [1.29, 1.82) is 0 Å². The van der Waals surface area contributed by atoms with Crippen LogP contribution in [0.3, 0.4) is 0 Å². The highest BCUT2D eigenvalue weighted by molar-refractivity contribution is 5.48. The molecule has 0 fully saturated rings. The summed E-state index contributed by atoms with van der Waals surface area (Å²) in [5.74, 6) is 0.923. The van der Waals surface area contributed by atoms with Crippen LogP contribution in [0.2, 0.25) is 0 Å². The zero-order valence-corrected chi connectivity index (χ0v) is 11.8. The Morgan fingerprint density at radius 2 is 2.14 bits per heavy atom. The van der Waals surface area contributed by atoms with Gasteiger partial charge in [-0.3, -0.25) is 10.1 Å².